The van der Waals surface area contributed by atoms with Gasteiger partial charge in [0.25, 0.3) is 0 Å². The molecule has 0 aliphatic carbocycles. The molecular weight excluding hydrogens is 319 g/mol. The molecule has 0 N–H and O–H groups in total. The second-order valence-corrected chi connectivity index (χ2v) is 4.59. The summed E-state index contributed by atoms with van der Waals surface area (Å²) in [5.41, 5.74) is 0.960. The Morgan fingerprint density at radius 2 is 1.81 bits per heavy atom. The number of halogens is 1. The van der Waals surface area contributed by atoms with Crippen molar-refractivity contribution in [2.24, 2.45) is 0 Å². The van der Waals surface area contributed by atoms with Crippen LogP contribution in [0.2, 0.25) is 0 Å². The Morgan fingerprint density at radius 1 is 1.06 bits per heavy atom. The molecule has 0 unspecified atom stereocenters. The molecule has 2 aromatic carbocycles. The lowest BCUT2D eigenvalue weighted by Gasteiger charge is -2.16. The van der Waals surface area contributed by atoms with Crippen molar-refractivity contribution in [2.45, 2.75) is 0 Å². The minimum Gasteiger partial charge on any atom is -0.386 e. The molecule has 0 fully saturated rings. The van der Waals surface area contributed by atoms with Crippen LogP contribution in [0.5, 0.6) is 0 Å². The number of benzene rings is 2. The molecule has 3 nitrogen and oxygen atoms in total. The highest BCUT2D eigenvalue weighted by Gasteiger charge is 2.30. The smallest absolute Gasteiger partial charge is 0.347 e. The van der Waals surface area contributed by atoms with Crippen molar-refractivity contribution >= 4 is 45.3 Å². The highest BCUT2D eigenvalue weighted by Crippen LogP contribution is 2.31. The summed E-state index contributed by atoms with van der Waals surface area (Å²) in [6, 6.07) is 9.23. The third-order valence-corrected chi connectivity index (χ3v) is 3.72. The van der Waals surface area contributed by atoms with E-state index in [9.17, 15) is 9.59 Å². The fraction of sp³-hybridized carbons (Fsp3) is 0. The van der Waals surface area contributed by atoms with Gasteiger partial charge in [0.05, 0.1) is 11.1 Å². The van der Waals surface area contributed by atoms with Gasteiger partial charge in [0.1, 0.15) is 0 Å². The minimum atomic E-state index is -0.562. The molecule has 16 heavy (non-hydrogen) atoms. The molecule has 0 saturated heterocycles. The maximum absolute atomic E-state index is 11.7. The number of cyclic esters (lactones) is 2. The van der Waals surface area contributed by atoms with Gasteiger partial charge >= 0.3 is 11.9 Å². The molecule has 1 aliphatic rings. The molecular formula is C12H5IO3. The maximum Gasteiger partial charge on any atom is 0.347 e. The van der Waals surface area contributed by atoms with E-state index in [2.05, 4.69) is 4.74 Å². The Labute approximate surface area is 105 Å². The summed E-state index contributed by atoms with van der Waals surface area (Å²) in [6.45, 7) is 0. The summed E-state index contributed by atoms with van der Waals surface area (Å²) in [5.74, 6) is -1.12. The lowest BCUT2D eigenvalue weighted by Crippen LogP contribution is -2.22. The van der Waals surface area contributed by atoms with Gasteiger partial charge in [-0.05, 0) is 39.4 Å². The van der Waals surface area contributed by atoms with Crippen LogP contribution in [0.15, 0.2) is 30.3 Å². The van der Waals surface area contributed by atoms with Crippen LogP contribution in [0, 0.1) is 3.57 Å². The SMILES string of the molecule is O=C1OC(=O)c2c(I)c1cc1ccccc21. The van der Waals surface area contributed by atoms with Crippen LogP contribution in [-0.4, -0.2) is 11.9 Å². The molecule has 0 spiro atoms. The Bertz CT molecular complexity index is 646. The highest BCUT2D eigenvalue weighted by molar-refractivity contribution is 14.1. The number of rotatable bonds is 0. The van der Waals surface area contributed by atoms with Crippen molar-refractivity contribution in [1.82, 2.24) is 0 Å². The van der Waals surface area contributed by atoms with E-state index in [0.29, 0.717) is 14.7 Å². The summed E-state index contributed by atoms with van der Waals surface area (Å²) >= 11 is 2.01. The van der Waals surface area contributed by atoms with Crippen LogP contribution >= 0.6 is 22.6 Å². The summed E-state index contributed by atoms with van der Waals surface area (Å²) in [6.07, 6.45) is 0. The Morgan fingerprint density at radius 3 is 2.62 bits per heavy atom. The first-order valence-corrected chi connectivity index (χ1v) is 5.74. The van der Waals surface area contributed by atoms with Crippen molar-refractivity contribution in [2.75, 3.05) is 0 Å². The number of esters is 2. The quantitative estimate of drug-likeness (QED) is 0.425. The second kappa shape index (κ2) is 3.28. The highest BCUT2D eigenvalue weighted by atomic mass is 127. The number of hydrogen-bond donors (Lipinski definition) is 0. The molecule has 1 aliphatic heterocycles. The third kappa shape index (κ3) is 1.19. The van der Waals surface area contributed by atoms with Crippen LogP contribution in [0.4, 0.5) is 0 Å². The lowest BCUT2D eigenvalue weighted by atomic mass is 9.99. The summed E-state index contributed by atoms with van der Waals surface area (Å²) in [4.78, 5) is 23.1. The number of hydrogen-bond acceptors (Lipinski definition) is 3. The van der Waals surface area contributed by atoms with Crippen molar-refractivity contribution in [3.05, 3.63) is 45.0 Å². The van der Waals surface area contributed by atoms with Gasteiger partial charge in [-0.2, -0.15) is 0 Å². The lowest BCUT2D eigenvalue weighted by molar-refractivity contribution is 0.0384. The van der Waals surface area contributed by atoms with Crippen molar-refractivity contribution in [1.29, 1.82) is 0 Å². The molecule has 1 heterocycles. The third-order valence-electron chi connectivity index (χ3n) is 2.60. The molecule has 2 aromatic rings. The fourth-order valence-electron chi connectivity index (χ4n) is 1.86. The second-order valence-electron chi connectivity index (χ2n) is 3.51. The predicted octanol–water partition coefficient (Wildman–Crippen LogP) is 2.76. The van der Waals surface area contributed by atoms with E-state index in [1.54, 1.807) is 6.07 Å². The molecule has 78 valence electrons. The zero-order chi connectivity index (χ0) is 11.3. The number of carbonyl (C=O) groups is 2. The standard InChI is InChI=1S/C12H5IO3/c13-10-8-5-6-3-1-2-4-7(6)9(10)12(15)16-11(8)14/h1-5H. The minimum absolute atomic E-state index is 0.467. The van der Waals surface area contributed by atoms with E-state index in [4.69, 9.17) is 0 Å². The largest absolute Gasteiger partial charge is 0.386 e. The van der Waals surface area contributed by atoms with Gasteiger partial charge < -0.3 is 4.74 Å². The van der Waals surface area contributed by atoms with E-state index in [-0.39, 0.29) is 0 Å². The monoisotopic (exact) mass is 324 g/mol. The van der Waals surface area contributed by atoms with Gasteiger partial charge in [0, 0.05) is 3.57 Å². The molecule has 0 radical (unpaired) electrons. The molecule has 4 heteroatoms. The molecule has 0 amide bonds. The fourth-order valence-corrected chi connectivity index (χ4v) is 2.75. The normalized spacial score (nSPS) is 14.1. The van der Waals surface area contributed by atoms with E-state index >= 15 is 0 Å². The van der Waals surface area contributed by atoms with Gasteiger partial charge in [-0.25, -0.2) is 9.59 Å². The Kier molecular flexibility index (Phi) is 2.00. The van der Waals surface area contributed by atoms with E-state index in [1.165, 1.54) is 0 Å². The van der Waals surface area contributed by atoms with Crippen molar-refractivity contribution in [3.63, 3.8) is 0 Å². The van der Waals surface area contributed by atoms with Crippen LogP contribution in [0.25, 0.3) is 10.8 Å². The maximum atomic E-state index is 11.7. The summed E-state index contributed by atoms with van der Waals surface area (Å²) in [5, 5.41) is 1.71. The average molecular weight is 324 g/mol. The first-order chi connectivity index (χ1) is 7.68. The van der Waals surface area contributed by atoms with Crippen LogP contribution in [0.3, 0.4) is 0 Å². The summed E-state index contributed by atoms with van der Waals surface area (Å²) in [7, 11) is 0. The first kappa shape index (κ1) is 9.77. The van der Waals surface area contributed by atoms with Crippen molar-refractivity contribution in [3.8, 4) is 0 Å². The van der Waals surface area contributed by atoms with Gasteiger partial charge in [-0.3, -0.25) is 0 Å². The van der Waals surface area contributed by atoms with E-state index in [0.717, 1.165) is 10.8 Å². The molecule has 0 atom stereocenters. The average Bonchev–Trinajstić information content (AvgIpc) is 2.25. The van der Waals surface area contributed by atoms with Gasteiger partial charge in [0.2, 0.25) is 0 Å². The molecule has 2 bridgehead atoms. The zero-order valence-corrected chi connectivity index (χ0v) is 10.1. The molecule has 0 aromatic heterocycles. The first-order valence-electron chi connectivity index (χ1n) is 4.66. The predicted molar refractivity (Wildman–Crippen MR) is 66.4 cm³/mol. The van der Waals surface area contributed by atoms with Gasteiger partial charge in [0.15, 0.2) is 0 Å². The number of fused-ring (bicyclic) bond motifs is 4. The summed E-state index contributed by atoms with van der Waals surface area (Å²) < 4.78 is 5.35. The molecule has 3 rings (SSSR count). The van der Waals surface area contributed by atoms with Gasteiger partial charge in [-0.1, -0.05) is 24.3 Å². The topological polar surface area (TPSA) is 43.4 Å². The van der Waals surface area contributed by atoms with E-state index < -0.39 is 11.9 Å². The van der Waals surface area contributed by atoms with Crippen LogP contribution < -0.4 is 0 Å². The Hall–Kier alpha value is -1.43. The number of ether oxygens (including phenoxy) is 1. The van der Waals surface area contributed by atoms with Crippen molar-refractivity contribution < 1.29 is 14.3 Å². The van der Waals surface area contributed by atoms with Crippen LogP contribution in [0.1, 0.15) is 20.7 Å². The number of carbonyl (C=O) groups excluding carboxylic acids is 2. The molecule has 0 saturated carbocycles. The Balaban J connectivity index is 2.55. The van der Waals surface area contributed by atoms with Gasteiger partial charge in [-0.15, -0.1) is 0 Å². The van der Waals surface area contributed by atoms with Crippen LogP contribution in [-0.2, 0) is 4.74 Å². The van der Waals surface area contributed by atoms with E-state index in [1.807, 2.05) is 46.9 Å². The zero-order valence-electron chi connectivity index (χ0n) is 7.99.